The highest BCUT2D eigenvalue weighted by atomic mass is 32.1. The summed E-state index contributed by atoms with van der Waals surface area (Å²) in [6.45, 7) is 0. The van der Waals surface area contributed by atoms with Gasteiger partial charge in [-0.05, 0) is 53.7 Å². The van der Waals surface area contributed by atoms with Crippen LogP contribution in [0, 0.1) is 5.82 Å². The highest BCUT2D eigenvalue weighted by Gasteiger charge is 2.09. The third kappa shape index (κ3) is 4.49. The molecule has 3 rings (SSSR count). The lowest BCUT2D eigenvalue weighted by Gasteiger charge is -2.11. The summed E-state index contributed by atoms with van der Waals surface area (Å²) in [5.74, 6) is -0.932. The lowest BCUT2D eigenvalue weighted by atomic mass is 10.1. The van der Waals surface area contributed by atoms with Gasteiger partial charge in [-0.15, -0.1) is 0 Å². The van der Waals surface area contributed by atoms with Gasteiger partial charge in [0.25, 0.3) is 5.91 Å². The van der Waals surface area contributed by atoms with Crippen molar-refractivity contribution >= 4 is 28.9 Å². The molecule has 0 atom stereocenters. The predicted molar refractivity (Wildman–Crippen MR) is 102 cm³/mol. The number of amides is 1. The first-order valence-corrected chi connectivity index (χ1v) is 8.06. The number of hydrogen-bond acceptors (Lipinski definition) is 2. The van der Waals surface area contributed by atoms with Crippen molar-refractivity contribution in [2.75, 3.05) is 5.32 Å². The number of carbonyl (C=O) groups is 1. The lowest BCUT2D eigenvalue weighted by Crippen LogP contribution is -2.34. The number of benzene rings is 3. The molecule has 124 valence electrons. The number of hydrogen-bond donors (Lipinski definition) is 2. The number of carbonyl (C=O) groups excluding carboxylic acids is 1. The van der Waals surface area contributed by atoms with Crippen LogP contribution in [0.5, 0.6) is 0 Å². The second-order valence-electron chi connectivity index (χ2n) is 5.37. The summed E-state index contributed by atoms with van der Waals surface area (Å²) in [6.07, 6.45) is 0. The fraction of sp³-hybridized carbons (Fsp3) is 0. The van der Waals surface area contributed by atoms with Crippen LogP contribution >= 0.6 is 12.2 Å². The van der Waals surface area contributed by atoms with Crippen molar-refractivity contribution in [1.29, 1.82) is 0 Å². The summed E-state index contributed by atoms with van der Waals surface area (Å²) < 4.78 is 13.2. The molecule has 0 radical (unpaired) electrons. The van der Waals surface area contributed by atoms with E-state index in [2.05, 4.69) is 10.6 Å². The first-order valence-electron chi connectivity index (χ1n) is 7.65. The van der Waals surface area contributed by atoms with Gasteiger partial charge in [0.15, 0.2) is 5.11 Å². The van der Waals surface area contributed by atoms with Crippen LogP contribution in [0.1, 0.15) is 10.4 Å². The molecule has 0 bridgehead atoms. The maximum Gasteiger partial charge on any atom is 0.257 e. The molecule has 0 aliphatic heterocycles. The predicted octanol–water partition coefficient (Wildman–Crippen LogP) is 4.62. The molecule has 3 aromatic rings. The van der Waals surface area contributed by atoms with Crippen LogP contribution in [0.15, 0.2) is 78.9 Å². The molecule has 0 heterocycles. The molecule has 2 N–H and O–H groups in total. The smallest absolute Gasteiger partial charge is 0.257 e. The molecular weight excluding hydrogens is 335 g/mol. The van der Waals surface area contributed by atoms with Gasteiger partial charge in [0.1, 0.15) is 5.82 Å². The van der Waals surface area contributed by atoms with E-state index < -0.39 is 11.7 Å². The minimum atomic E-state index is -0.470. The normalized spacial score (nSPS) is 10.1. The molecule has 3 aromatic carbocycles. The van der Waals surface area contributed by atoms with Gasteiger partial charge in [-0.3, -0.25) is 10.1 Å². The van der Waals surface area contributed by atoms with Crippen LogP contribution in [0.4, 0.5) is 10.1 Å². The van der Waals surface area contributed by atoms with Crippen molar-refractivity contribution < 1.29 is 9.18 Å². The van der Waals surface area contributed by atoms with E-state index in [4.69, 9.17) is 12.2 Å². The van der Waals surface area contributed by atoms with Gasteiger partial charge in [-0.2, -0.15) is 0 Å². The summed E-state index contributed by atoms with van der Waals surface area (Å²) in [5, 5.41) is 5.67. The van der Waals surface area contributed by atoms with Crippen LogP contribution < -0.4 is 10.6 Å². The quantitative estimate of drug-likeness (QED) is 0.677. The maximum atomic E-state index is 13.2. The van der Waals surface area contributed by atoms with Gasteiger partial charge < -0.3 is 5.32 Å². The number of anilines is 1. The van der Waals surface area contributed by atoms with E-state index in [1.807, 2.05) is 54.6 Å². The Kier molecular flexibility index (Phi) is 5.16. The van der Waals surface area contributed by atoms with E-state index in [1.165, 1.54) is 18.2 Å². The maximum absolute atomic E-state index is 13.2. The number of nitrogens with one attached hydrogen (secondary N) is 2. The molecule has 25 heavy (non-hydrogen) atoms. The SMILES string of the molecule is O=C(NC(=S)Nc1cccc(-c2ccccc2)c1)c1cccc(F)c1. The van der Waals surface area contributed by atoms with E-state index in [9.17, 15) is 9.18 Å². The highest BCUT2D eigenvalue weighted by molar-refractivity contribution is 7.80. The number of halogens is 1. The van der Waals surface area contributed by atoms with Gasteiger partial charge in [-0.25, -0.2) is 4.39 Å². The first-order chi connectivity index (χ1) is 12.1. The third-order valence-corrected chi connectivity index (χ3v) is 3.75. The largest absolute Gasteiger partial charge is 0.332 e. The molecule has 0 unspecified atom stereocenters. The molecule has 0 spiro atoms. The molecule has 0 aliphatic rings. The fourth-order valence-corrected chi connectivity index (χ4v) is 2.59. The zero-order chi connectivity index (χ0) is 17.6. The Morgan fingerprint density at radius 1 is 0.840 bits per heavy atom. The van der Waals surface area contributed by atoms with Gasteiger partial charge in [0.2, 0.25) is 0 Å². The summed E-state index contributed by atoms with van der Waals surface area (Å²) in [7, 11) is 0. The average molecular weight is 350 g/mol. The van der Waals surface area contributed by atoms with Crippen molar-refractivity contribution in [2.24, 2.45) is 0 Å². The van der Waals surface area contributed by atoms with Crippen molar-refractivity contribution in [2.45, 2.75) is 0 Å². The van der Waals surface area contributed by atoms with E-state index in [-0.39, 0.29) is 10.7 Å². The first kappa shape index (κ1) is 16.8. The van der Waals surface area contributed by atoms with E-state index in [0.717, 1.165) is 22.9 Å². The minimum absolute atomic E-state index is 0.152. The number of rotatable bonds is 3. The second-order valence-corrected chi connectivity index (χ2v) is 5.77. The number of thiocarbonyl (C=S) groups is 1. The summed E-state index contributed by atoms with van der Waals surface area (Å²) >= 11 is 5.17. The Morgan fingerprint density at radius 2 is 1.56 bits per heavy atom. The zero-order valence-corrected chi connectivity index (χ0v) is 14.0. The summed E-state index contributed by atoms with van der Waals surface area (Å²) in [6, 6.07) is 23.1. The summed E-state index contributed by atoms with van der Waals surface area (Å²) in [5.41, 5.74) is 3.08. The Morgan fingerprint density at radius 3 is 2.32 bits per heavy atom. The average Bonchev–Trinajstić information content (AvgIpc) is 2.62. The minimum Gasteiger partial charge on any atom is -0.332 e. The van der Waals surface area contributed by atoms with E-state index in [1.54, 1.807) is 0 Å². The third-order valence-electron chi connectivity index (χ3n) is 3.54. The van der Waals surface area contributed by atoms with Crippen molar-refractivity contribution in [1.82, 2.24) is 5.32 Å². The van der Waals surface area contributed by atoms with Gasteiger partial charge >= 0.3 is 0 Å². The molecule has 5 heteroatoms. The van der Waals surface area contributed by atoms with Crippen LogP contribution in [-0.4, -0.2) is 11.0 Å². The molecular formula is C20H15FN2OS. The van der Waals surface area contributed by atoms with Gasteiger partial charge in [-0.1, -0.05) is 48.5 Å². The van der Waals surface area contributed by atoms with Gasteiger partial charge in [0.05, 0.1) is 0 Å². The molecule has 0 saturated heterocycles. The van der Waals surface area contributed by atoms with E-state index in [0.29, 0.717) is 0 Å². The lowest BCUT2D eigenvalue weighted by molar-refractivity contribution is 0.0977. The van der Waals surface area contributed by atoms with Crippen molar-refractivity contribution in [3.05, 3.63) is 90.2 Å². The van der Waals surface area contributed by atoms with Crippen LogP contribution in [0.3, 0.4) is 0 Å². The Labute approximate surface area is 150 Å². The van der Waals surface area contributed by atoms with Gasteiger partial charge in [0, 0.05) is 11.3 Å². The molecule has 0 aromatic heterocycles. The summed E-state index contributed by atoms with van der Waals surface area (Å²) in [4.78, 5) is 12.1. The molecule has 1 amide bonds. The highest BCUT2D eigenvalue weighted by Crippen LogP contribution is 2.22. The molecule has 0 saturated carbocycles. The van der Waals surface area contributed by atoms with Crippen LogP contribution in [0.2, 0.25) is 0 Å². The molecule has 3 nitrogen and oxygen atoms in total. The Balaban J connectivity index is 1.68. The Hall–Kier alpha value is -3.05. The van der Waals surface area contributed by atoms with Crippen molar-refractivity contribution in [3.63, 3.8) is 0 Å². The standard InChI is InChI=1S/C20H15FN2OS/c21-17-10-4-9-16(12-17)19(24)23-20(25)22-18-11-5-8-15(13-18)14-6-2-1-3-7-14/h1-13H,(H2,22,23,24,25). The van der Waals surface area contributed by atoms with E-state index >= 15 is 0 Å². The monoisotopic (exact) mass is 350 g/mol. The van der Waals surface area contributed by atoms with Crippen LogP contribution in [-0.2, 0) is 0 Å². The second kappa shape index (κ2) is 7.68. The Bertz CT molecular complexity index is 912. The topological polar surface area (TPSA) is 41.1 Å². The van der Waals surface area contributed by atoms with Crippen molar-refractivity contribution in [3.8, 4) is 11.1 Å². The zero-order valence-electron chi connectivity index (χ0n) is 13.2. The van der Waals surface area contributed by atoms with Crippen LogP contribution in [0.25, 0.3) is 11.1 Å². The molecule has 0 fully saturated rings. The molecule has 0 aliphatic carbocycles. The fourth-order valence-electron chi connectivity index (χ4n) is 2.37.